The van der Waals surface area contributed by atoms with Gasteiger partial charge in [0.25, 0.3) is 5.56 Å². The highest BCUT2D eigenvalue weighted by Gasteiger charge is 2.51. The Labute approximate surface area is 255 Å². The molecule has 3 aromatic rings. The van der Waals surface area contributed by atoms with Crippen molar-refractivity contribution < 1.29 is 23.5 Å². The third-order valence-electron chi connectivity index (χ3n) is 8.73. The molecule has 5 heterocycles. The van der Waals surface area contributed by atoms with E-state index in [4.69, 9.17) is 9.47 Å². The Morgan fingerprint density at radius 1 is 1.18 bits per heavy atom. The summed E-state index contributed by atoms with van der Waals surface area (Å²) in [6.45, 7) is 7.40. The normalized spacial score (nSPS) is 20.0. The molecule has 1 saturated carbocycles. The fraction of sp³-hybridized carbons (Fsp3) is 0.531. The zero-order chi connectivity index (χ0) is 31.1. The summed E-state index contributed by atoms with van der Waals surface area (Å²) in [5.41, 5.74) is -1.36. The summed E-state index contributed by atoms with van der Waals surface area (Å²) in [6.07, 6.45) is 7.94. The number of ether oxygens (including phenoxy) is 2. The van der Waals surface area contributed by atoms with E-state index in [-0.39, 0.29) is 42.4 Å². The monoisotopic (exact) mass is 606 g/mol. The minimum Gasteiger partial charge on any atom is -0.444 e. The van der Waals surface area contributed by atoms with E-state index >= 15 is 4.39 Å². The first kappa shape index (κ1) is 30.0. The highest BCUT2D eigenvalue weighted by atomic mass is 19.1. The molecule has 0 spiro atoms. The predicted molar refractivity (Wildman–Crippen MR) is 162 cm³/mol. The molecule has 0 unspecified atom stereocenters. The number of nitrogens with zero attached hydrogens (tertiary/aromatic N) is 5. The predicted octanol–water partition coefficient (Wildman–Crippen LogP) is 4.14. The van der Waals surface area contributed by atoms with Crippen molar-refractivity contribution in [1.29, 1.82) is 0 Å². The molecule has 0 aromatic carbocycles. The summed E-state index contributed by atoms with van der Waals surface area (Å²) in [4.78, 5) is 52.0. The number of halogens is 1. The molecular formula is C32H39FN6O5. The first-order valence-electron chi connectivity index (χ1n) is 15.3. The SMILES string of the molecule is CC(C)(C)OC(=O)N(CC1CCC1)[C@@H]1CCCN(c2cnc(C3(C(=O)Nc4cc(=O)n5ccccc5n4)COC3)c(F)c2)C1. The van der Waals surface area contributed by atoms with Crippen LogP contribution < -0.4 is 15.8 Å². The number of anilines is 2. The van der Waals surface area contributed by atoms with Crippen LogP contribution in [0.5, 0.6) is 0 Å². The smallest absolute Gasteiger partial charge is 0.410 e. The maximum Gasteiger partial charge on any atom is 0.410 e. The molecule has 6 rings (SSSR count). The zero-order valence-corrected chi connectivity index (χ0v) is 25.4. The summed E-state index contributed by atoms with van der Waals surface area (Å²) in [6, 6.07) is 7.67. The van der Waals surface area contributed by atoms with Crippen molar-refractivity contribution in [2.24, 2.45) is 5.92 Å². The Morgan fingerprint density at radius 2 is 1.98 bits per heavy atom. The topological polar surface area (TPSA) is 118 Å². The van der Waals surface area contributed by atoms with Gasteiger partial charge < -0.3 is 24.6 Å². The molecule has 12 heteroatoms. The lowest BCUT2D eigenvalue weighted by atomic mass is 9.80. The van der Waals surface area contributed by atoms with Gasteiger partial charge in [-0.05, 0) is 64.5 Å². The highest BCUT2D eigenvalue weighted by molar-refractivity contribution is 5.99. The summed E-state index contributed by atoms with van der Waals surface area (Å²) >= 11 is 0. The Balaban J connectivity index is 1.19. The van der Waals surface area contributed by atoms with Crippen LogP contribution in [-0.4, -0.2) is 75.8 Å². The zero-order valence-electron chi connectivity index (χ0n) is 25.4. The summed E-state index contributed by atoms with van der Waals surface area (Å²) in [5, 5.41) is 2.68. The lowest BCUT2D eigenvalue weighted by Gasteiger charge is -2.43. The number of aromatic nitrogens is 3. The molecule has 1 N–H and O–H groups in total. The second-order valence-electron chi connectivity index (χ2n) is 13.1. The Kier molecular flexibility index (Phi) is 8.04. The van der Waals surface area contributed by atoms with Crippen LogP contribution in [0.4, 0.5) is 20.7 Å². The summed E-state index contributed by atoms with van der Waals surface area (Å²) < 4.78 is 28.3. The van der Waals surface area contributed by atoms with E-state index in [1.807, 2.05) is 30.6 Å². The Bertz CT molecular complexity index is 1610. The second-order valence-corrected chi connectivity index (χ2v) is 13.1. The van der Waals surface area contributed by atoms with Gasteiger partial charge in [-0.3, -0.25) is 19.0 Å². The van der Waals surface area contributed by atoms with Gasteiger partial charge in [-0.2, -0.15) is 0 Å². The number of fused-ring (bicyclic) bond motifs is 1. The molecule has 0 radical (unpaired) electrons. The van der Waals surface area contributed by atoms with Crippen molar-refractivity contribution in [2.45, 2.75) is 69.9 Å². The molecule has 3 aliphatic rings. The molecule has 0 bridgehead atoms. The third-order valence-corrected chi connectivity index (χ3v) is 8.73. The van der Waals surface area contributed by atoms with E-state index in [0.29, 0.717) is 36.9 Å². The van der Waals surface area contributed by atoms with E-state index in [0.717, 1.165) is 25.7 Å². The van der Waals surface area contributed by atoms with Crippen molar-refractivity contribution >= 4 is 29.2 Å². The second kappa shape index (κ2) is 11.8. The van der Waals surface area contributed by atoms with Crippen LogP contribution in [0, 0.1) is 11.7 Å². The van der Waals surface area contributed by atoms with E-state index in [9.17, 15) is 14.4 Å². The van der Waals surface area contributed by atoms with E-state index in [2.05, 4.69) is 15.3 Å². The van der Waals surface area contributed by atoms with Gasteiger partial charge in [-0.15, -0.1) is 0 Å². The van der Waals surface area contributed by atoms with Gasteiger partial charge in [-0.25, -0.2) is 14.2 Å². The van der Waals surface area contributed by atoms with Crippen LogP contribution in [0.15, 0.2) is 47.5 Å². The summed E-state index contributed by atoms with van der Waals surface area (Å²) in [7, 11) is 0. The Morgan fingerprint density at radius 3 is 2.64 bits per heavy atom. The van der Waals surface area contributed by atoms with Gasteiger partial charge in [0.1, 0.15) is 28.3 Å². The highest BCUT2D eigenvalue weighted by Crippen LogP contribution is 2.36. The number of carbonyl (C=O) groups excluding carboxylic acids is 2. The van der Waals surface area contributed by atoms with Crippen molar-refractivity contribution in [3.05, 3.63) is 64.6 Å². The number of piperidine rings is 1. The quantitative estimate of drug-likeness (QED) is 0.427. The molecule has 2 aliphatic heterocycles. The standard InChI is InChI=1S/C32H39FN6O5/c1-31(2,3)44-30(42)39(17-21-8-6-9-21)22-10-7-12-37(18-22)23-14-24(33)28(34-16-23)32(19-43-20-32)29(41)36-25-15-27(40)38-13-5-4-11-26(38)35-25/h4-5,11,13-16,21-22H,6-10,12,17-20H2,1-3H3,(H,36,41)/t22-/m1/s1. The maximum atomic E-state index is 15.8. The van der Waals surface area contributed by atoms with Gasteiger partial charge in [0.05, 0.1) is 36.8 Å². The van der Waals surface area contributed by atoms with Crippen molar-refractivity contribution in [2.75, 3.05) is 43.1 Å². The molecule has 44 heavy (non-hydrogen) atoms. The number of amides is 2. The van der Waals surface area contributed by atoms with Gasteiger partial charge in [-0.1, -0.05) is 12.5 Å². The number of hydrogen-bond donors (Lipinski definition) is 1. The molecule has 234 valence electrons. The third kappa shape index (κ3) is 5.99. The van der Waals surface area contributed by atoms with Crippen molar-refractivity contribution in [1.82, 2.24) is 19.3 Å². The molecule has 11 nitrogen and oxygen atoms in total. The maximum absolute atomic E-state index is 15.8. The minimum atomic E-state index is -1.35. The van der Waals surface area contributed by atoms with E-state index < -0.39 is 22.7 Å². The van der Waals surface area contributed by atoms with Crippen molar-refractivity contribution in [3.8, 4) is 0 Å². The largest absolute Gasteiger partial charge is 0.444 e. The fourth-order valence-corrected chi connectivity index (χ4v) is 6.08. The first-order valence-corrected chi connectivity index (χ1v) is 15.3. The molecule has 2 saturated heterocycles. The number of pyridine rings is 2. The number of rotatable bonds is 7. The van der Waals surface area contributed by atoms with Gasteiger partial charge in [0, 0.05) is 38.0 Å². The molecule has 1 aliphatic carbocycles. The van der Waals surface area contributed by atoms with Crippen molar-refractivity contribution in [3.63, 3.8) is 0 Å². The van der Waals surface area contributed by atoms with Crippen LogP contribution in [-0.2, 0) is 19.7 Å². The van der Waals surface area contributed by atoms with Crippen LogP contribution >= 0.6 is 0 Å². The van der Waals surface area contributed by atoms with Gasteiger partial charge >= 0.3 is 6.09 Å². The fourth-order valence-electron chi connectivity index (χ4n) is 6.08. The number of nitrogens with one attached hydrogen (secondary N) is 1. The molecular weight excluding hydrogens is 567 g/mol. The minimum absolute atomic E-state index is 0.0172. The van der Waals surface area contributed by atoms with E-state index in [1.54, 1.807) is 30.6 Å². The average Bonchev–Trinajstić information content (AvgIpc) is 2.92. The lowest BCUT2D eigenvalue weighted by molar-refractivity contribution is -0.140. The van der Waals surface area contributed by atoms with Crippen LogP contribution in [0.25, 0.3) is 5.65 Å². The molecule has 3 fully saturated rings. The summed E-state index contributed by atoms with van der Waals surface area (Å²) in [5.74, 6) is -0.609. The van der Waals surface area contributed by atoms with Crippen LogP contribution in [0.2, 0.25) is 0 Å². The van der Waals surface area contributed by atoms with Gasteiger partial charge in [0.15, 0.2) is 0 Å². The average molecular weight is 607 g/mol. The van der Waals surface area contributed by atoms with Crippen LogP contribution in [0.3, 0.4) is 0 Å². The first-order chi connectivity index (χ1) is 21.0. The number of carbonyl (C=O) groups is 2. The molecule has 2 amide bonds. The Hall–Kier alpha value is -4.06. The molecule has 1 atom stereocenters. The number of hydrogen-bond acceptors (Lipinski definition) is 8. The lowest BCUT2D eigenvalue weighted by Crippen LogP contribution is -2.56. The molecule has 3 aromatic heterocycles. The van der Waals surface area contributed by atoms with Gasteiger partial charge in [0.2, 0.25) is 5.91 Å². The van der Waals surface area contributed by atoms with E-state index in [1.165, 1.54) is 23.0 Å². The van der Waals surface area contributed by atoms with Crippen LogP contribution in [0.1, 0.15) is 58.6 Å².